The lowest BCUT2D eigenvalue weighted by Crippen LogP contribution is -2.45. The van der Waals surface area contributed by atoms with Crippen molar-refractivity contribution in [3.8, 4) is 0 Å². The van der Waals surface area contributed by atoms with Crippen LogP contribution < -0.4 is 10.2 Å². The molecule has 43 heavy (non-hydrogen) atoms. The molecule has 3 atom stereocenters. The summed E-state index contributed by atoms with van der Waals surface area (Å²) in [5, 5.41) is 2.67. The number of anilines is 1. The second-order valence-corrected chi connectivity index (χ2v) is 13.7. The maximum absolute atomic E-state index is 14.7. The van der Waals surface area contributed by atoms with Gasteiger partial charge in [-0.2, -0.15) is 0 Å². The first-order chi connectivity index (χ1) is 20.6. The number of halogens is 2. The van der Waals surface area contributed by atoms with Gasteiger partial charge in [-0.25, -0.2) is 22.2 Å². The first-order valence-electron chi connectivity index (χ1n) is 14.5. The molecular formula is C31H34F2N4O5S. The van der Waals surface area contributed by atoms with E-state index in [1.165, 1.54) is 0 Å². The van der Waals surface area contributed by atoms with E-state index in [2.05, 4.69) is 47.2 Å². The van der Waals surface area contributed by atoms with Gasteiger partial charge in [-0.05, 0) is 74.6 Å². The molecule has 1 amide bonds. The number of hydrogen-bond donors (Lipinski definition) is 1. The van der Waals surface area contributed by atoms with Crippen LogP contribution in [0.25, 0.3) is 0 Å². The van der Waals surface area contributed by atoms with E-state index in [0.717, 1.165) is 55.1 Å². The molecule has 1 saturated carbocycles. The van der Waals surface area contributed by atoms with Crippen molar-refractivity contribution in [1.82, 2.24) is 15.3 Å². The summed E-state index contributed by atoms with van der Waals surface area (Å²) in [5.41, 5.74) is -0.0206. The molecule has 2 aromatic heterocycles. The molecule has 0 bridgehead atoms. The van der Waals surface area contributed by atoms with E-state index >= 15 is 0 Å². The van der Waals surface area contributed by atoms with Gasteiger partial charge in [-0.15, -0.1) is 0 Å². The van der Waals surface area contributed by atoms with E-state index in [0.29, 0.717) is 17.5 Å². The fourth-order valence-electron chi connectivity index (χ4n) is 6.08. The van der Waals surface area contributed by atoms with Crippen LogP contribution in [0.15, 0.2) is 53.6 Å². The second-order valence-electron chi connectivity index (χ2n) is 11.6. The summed E-state index contributed by atoms with van der Waals surface area (Å²) in [6.07, 6.45) is 3.91. The Morgan fingerprint density at radius 2 is 1.86 bits per heavy atom. The van der Waals surface area contributed by atoms with Gasteiger partial charge in [0.1, 0.15) is 11.6 Å². The molecule has 1 N–H and O–H groups in total. The molecule has 12 heteroatoms. The third-order valence-electron chi connectivity index (χ3n) is 8.35. The number of carbonyl (C=O) groups excluding carboxylic acids is 1. The van der Waals surface area contributed by atoms with Gasteiger partial charge in [0.15, 0.2) is 0 Å². The Kier molecular flexibility index (Phi) is 8.18. The van der Waals surface area contributed by atoms with Crippen LogP contribution in [0.2, 0.25) is 0 Å². The molecule has 2 aliphatic heterocycles. The van der Waals surface area contributed by atoms with Crippen LogP contribution in [-0.4, -0.2) is 61.7 Å². The first kappa shape index (κ1) is 29.6. The summed E-state index contributed by atoms with van der Waals surface area (Å²) < 4.78 is 64.7. The molecule has 6 rings (SSSR count). The van der Waals surface area contributed by atoms with E-state index in [9.17, 15) is 22.0 Å². The number of morpholine rings is 1. The quantitative estimate of drug-likeness (QED) is 0.436. The number of pyridine rings is 2. The van der Waals surface area contributed by atoms with Crippen molar-refractivity contribution in [2.75, 3.05) is 24.6 Å². The lowest BCUT2D eigenvalue weighted by Gasteiger charge is -2.38. The minimum atomic E-state index is -4.49. The predicted octanol–water partition coefficient (Wildman–Crippen LogP) is 4.42. The lowest BCUT2D eigenvalue weighted by molar-refractivity contribution is -0.00548. The zero-order valence-electron chi connectivity index (χ0n) is 24.0. The standard InChI is InChI=1S/C31H34F2N4O5S/c1-18-14-37(15-19(2)42-18)30-5-3-4-27(36-30)22-8-21(9-22)20-6-7-34-24(10-20)13-35-31(38)23-11-26(32)25-16-41-17-29(33)43(39,40)28(25)12-23/h3-7,10-12,18-19,21-22,29H,8-9,13-17H2,1-2H3,(H,35,38)/t18-,19+,21-,22-,29-/m1/s1. The number of nitrogens with zero attached hydrogens (tertiary/aromatic N) is 3. The van der Waals surface area contributed by atoms with Gasteiger partial charge in [0.25, 0.3) is 5.91 Å². The highest BCUT2D eigenvalue weighted by molar-refractivity contribution is 7.92. The normalized spacial score (nSPS) is 26.6. The zero-order chi connectivity index (χ0) is 30.3. The number of nitrogens with one attached hydrogen (secondary N) is 1. The smallest absolute Gasteiger partial charge is 0.251 e. The van der Waals surface area contributed by atoms with E-state index in [1.807, 2.05) is 12.1 Å². The zero-order valence-corrected chi connectivity index (χ0v) is 24.8. The van der Waals surface area contributed by atoms with Gasteiger partial charge in [0.05, 0.1) is 42.6 Å². The summed E-state index contributed by atoms with van der Waals surface area (Å²) in [5.74, 6) is 0.0362. The average Bonchev–Trinajstić information content (AvgIpc) is 3.06. The van der Waals surface area contributed by atoms with Gasteiger partial charge in [0.2, 0.25) is 15.3 Å². The van der Waals surface area contributed by atoms with Gasteiger partial charge in [0, 0.05) is 42.0 Å². The van der Waals surface area contributed by atoms with Crippen molar-refractivity contribution in [3.63, 3.8) is 0 Å². The first-order valence-corrected chi connectivity index (χ1v) is 16.0. The van der Waals surface area contributed by atoms with Crippen molar-refractivity contribution in [1.29, 1.82) is 0 Å². The van der Waals surface area contributed by atoms with Crippen molar-refractivity contribution in [2.45, 2.75) is 74.3 Å². The number of sulfone groups is 1. The third kappa shape index (κ3) is 6.13. The summed E-state index contributed by atoms with van der Waals surface area (Å²) in [6.45, 7) is 4.76. The van der Waals surface area contributed by atoms with Crippen LogP contribution in [0.4, 0.5) is 14.6 Å². The fourth-order valence-corrected chi connectivity index (χ4v) is 7.42. The second kappa shape index (κ2) is 11.9. The average molecular weight is 613 g/mol. The number of alkyl halides is 1. The van der Waals surface area contributed by atoms with Crippen molar-refractivity contribution in [2.24, 2.45) is 0 Å². The van der Waals surface area contributed by atoms with Crippen molar-refractivity contribution >= 4 is 21.6 Å². The number of rotatable bonds is 6. The molecule has 0 unspecified atom stereocenters. The van der Waals surface area contributed by atoms with Crippen molar-refractivity contribution < 1.29 is 31.5 Å². The van der Waals surface area contributed by atoms with Crippen LogP contribution >= 0.6 is 0 Å². The minimum Gasteiger partial charge on any atom is -0.372 e. The molecule has 2 fully saturated rings. The summed E-state index contributed by atoms with van der Waals surface area (Å²) in [7, 11) is -4.49. The van der Waals surface area contributed by atoms with Crippen LogP contribution in [0.5, 0.6) is 0 Å². The molecule has 228 valence electrons. The predicted molar refractivity (Wildman–Crippen MR) is 155 cm³/mol. The third-order valence-corrected chi connectivity index (χ3v) is 10.1. The van der Waals surface area contributed by atoms with Gasteiger partial charge < -0.3 is 19.7 Å². The van der Waals surface area contributed by atoms with Crippen LogP contribution in [0.3, 0.4) is 0 Å². The van der Waals surface area contributed by atoms with E-state index in [1.54, 1.807) is 6.20 Å². The Morgan fingerprint density at radius 3 is 2.63 bits per heavy atom. The van der Waals surface area contributed by atoms with Gasteiger partial charge in [-0.1, -0.05) is 6.07 Å². The Morgan fingerprint density at radius 1 is 1.09 bits per heavy atom. The SMILES string of the molecule is C[C@@H]1CN(c2cccc([C@H]3C[C@H](c4ccnc(CNC(=O)c5cc(F)c6c(c5)S(=O)(=O)[C@@H](F)COC6)c4)C3)n2)C[C@H](C)O1. The number of fused-ring (bicyclic) bond motifs is 1. The highest BCUT2D eigenvalue weighted by atomic mass is 32.2. The van der Waals surface area contributed by atoms with Crippen LogP contribution in [-0.2, 0) is 32.5 Å². The highest BCUT2D eigenvalue weighted by Crippen LogP contribution is 2.47. The largest absolute Gasteiger partial charge is 0.372 e. The number of ether oxygens (including phenoxy) is 2. The lowest BCUT2D eigenvalue weighted by atomic mass is 9.70. The molecule has 3 aromatic rings. The summed E-state index contributed by atoms with van der Waals surface area (Å²) in [6, 6.07) is 12.1. The van der Waals surface area contributed by atoms with Gasteiger partial charge >= 0.3 is 0 Å². The molecule has 1 aromatic carbocycles. The minimum absolute atomic E-state index is 0.0586. The molecule has 9 nitrogen and oxygen atoms in total. The van der Waals surface area contributed by atoms with Gasteiger partial charge in [-0.3, -0.25) is 9.78 Å². The van der Waals surface area contributed by atoms with E-state index < -0.39 is 45.2 Å². The van der Waals surface area contributed by atoms with E-state index in [4.69, 9.17) is 14.5 Å². The fraction of sp³-hybridized carbons (Fsp3) is 0.452. The van der Waals surface area contributed by atoms with Crippen molar-refractivity contribution in [3.05, 3.63) is 82.6 Å². The highest BCUT2D eigenvalue weighted by Gasteiger charge is 2.35. The van der Waals surface area contributed by atoms with Crippen LogP contribution in [0, 0.1) is 5.82 Å². The molecule has 0 radical (unpaired) electrons. The topological polar surface area (TPSA) is 111 Å². The number of carbonyl (C=O) groups is 1. The Hall–Kier alpha value is -3.48. The number of benzene rings is 1. The maximum Gasteiger partial charge on any atom is 0.251 e. The summed E-state index contributed by atoms with van der Waals surface area (Å²) in [4.78, 5) is 23.9. The molecule has 3 aliphatic rings. The Balaban J connectivity index is 1.08. The number of amides is 1. The maximum atomic E-state index is 14.7. The monoisotopic (exact) mass is 612 g/mol. The molecule has 0 spiro atoms. The molecular weight excluding hydrogens is 578 g/mol. The Labute approximate surface area is 249 Å². The Bertz CT molecular complexity index is 1620. The number of aromatic nitrogens is 2. The molecule has 1 saturated heterocycles. The van der Waals surface area contributed by atoms with Crippen LogP contribution in [0.1, 0.15) is 71.4 Å². The molecule has 1 aliphatic carbocycles. The molecule has 4 heterocycles. The van der Waals surface area contributed by atoms with E-state index in [-0.39, 0.29) is 29.9 Å². The number of hydrogen-bond acceptors (Lipinski definition) is 8. The summed E-state index contributed by atoms with van der Waals surface area (Å²) >= 11 is 0.